The van der Waals surface area contributed by atoms with Gasteiger partial charge in [-0.1, -0.05) is 250 Å². The lowest BCUT2D eigenvalue weighted by Gasteiger charge is -2.42. The van der Waals surface area contributed by atoms with Crippen LogP contribution in [0.3, 0.4) is 0 Å². The second-order valence-corrected chi connectivity index (χ2v) is 33.3. The van der Waals surface area contributed by atoms with Gasteiger partial charge >= 0.3 is 0 Å². The molecule has 0 aliphatic carbocycles. The van der Waals surface area contributed by atoms with E-state index in [2.05, 4.69) is 325 Å². The summed E-state index contributed by atoms with van der Waals surface area (Å²) in [5.74, 6) is 1.54. The summed E-state index contributed by atoms with van der Waals surface area (Å²) in [6.07, 6.45) is 0. The van der Waals surface area contributed by atoms with Crippen molar-refractivity contribution in [2.45, 2.75) is 78.6 Å². The molecule has 103 heavy (non-hydrogen) atoms. The number of ether oxygens (including phenoxy) is 1. The Morgan fingerprint density at radius 1 is 0.350 bits per heavy atom. The zero-order chi connectivity index (χ0) is 73.9. The zero-order valence-electron chi connectivity index (χ0n) is 63.9. The molecule has 6 heterocycles. The van der Waals surface area contributed by atoms with Crippen molar-refractivity contribution < 1.29 is 11.6 Å². The van der Waals surface area contributed by atoms with Crippen LogP contribution in [0.5, 0.6) is 11.5 Å². The summed E-state index contributed by atoms with van der Waals surface area (Å²) in [7, 11) is 0. The van der Waals surface area contributed by atoms with E-state index in [0.29, 0.717) is 5.56 Å². The molecule has 0 radical (unpaired) electrons. The third-order valence-electron chi connectivity index (χ3n) is 21.9. The van der Waals surface area contributed by atoms with Crippen molar-refractivity contribution in [2.24, 2.45) is 0 Å². The molecule has 7 heteroatoms. The van der Waals surface area contributed by atoms with E-state index in [4.69, 9.17) is 8.85 Å². The lowest BCUT2D eigenvalue weighted by molar-refractivity contribution is 0.487. The first kappa shape index (κ1) is 56.4. The third-order valence-corrected chi connectivity index (χ3v) is 24.3. The van der Waals surface area contributed by atoms with Crippen LogP contribution < -0.4 is 26.0 Å². The Balaban J connectivity index is 0.920. The van der Waals surface area contributed by atoms with Crippen LogP contribution in [0.1, 0.15) is 85.9 Å². The van der Waals surface area contributed by atoms with Gasteiger partial charge in [0.1, 0.15) is 11.5 Å². The number of benzene rings is 14. The molecule has 4 aromatic heterocycles. The van der Waals surface area contributed by atoms with Crippen LogP contribution in [0.4, 0.5) is 17.1 Å². The molecule has 2 aliphatic rings. The lowest BCUT2D eigenvalue weighted by atomic mass is 9.34. The van der Waals surface area contributed by atoms with E-state index < -0.39 is 6.04 Å². The monoisotopic (exact) mass is 1360 g/mol. The summed E-state index contributed by atoms with van der Waals surface area (Å²) in [5.41, 5.74) is 23.5. The molecule has 0 N–H and O–H groups in total. The van der Waals surface area contributed by atoms with Gasteiger partial charge in [0.15, 0.2) is 0 Å². The molecule has 494 valence electrons. The molecule has 20 rings (SSSR count). The number of anilines is 3. The molecule has 0 fully saturated rings. The van der Waals surface area contributed by atoms with Crippen molar-refractivity contribution in [1.29, 1.82) is 0 Å². The number of aromatic nitrogens is 2. The molecule has 0 saturated heterocycles. The molecular formula is C96H74BN3OS2. The summed E-state index contributed by atoms with van der Waals surface area (Å²) in [4.78, 5) is 2.61. The van der Waals surface area contributed by atoms with Crippen LogP contribution in [0.15, 0.2) is 285 Å². The van der Waals surface area contributed by atoms with Crippen molar-refractivity contribution in [2.75, 3.05) is 4.90 Å². The summed E-state index contributed by atoms with van der Waals surface area (Å²) in [6, 6.07) is 92.9. The Morgan fingerprint density at radius 2 is 0.893 bits per heavy atom. The number of rotatable bonds is 7. The molecule has 18 aromatic rings. The number of hydrogen-bond donors (Lipinski definition) is 0. The van der Waals surface area contributed by atoms with Gasteiger partial charge in [-0.2, -0.15) is 0 Å². The standard InChI is InChI=1S/C96H74BN3OS2/c1-94(2,3)61-40-46-80-74(50-61)75-51-62(95(4,5)6)41-47-81(75)98(80)64-42-44-76-82(54-64)100(91-71(57-26-13-10-14-27-57)52-63(96(7,8)9)53-72(91)58-28-15-11-16-29-58)83-48-60(49-85-90(83)97(76)77-45-43-65(55-84(77)101-85)99-78-37-22-19-32-67(78)68-33-20-23-38-79(68)99)66-35-25-36-70-88-87(103-92(66)70)56-73(59-30-17-12-18-31-59)93-89(88)69-34-21-24-39-86(69)102-93/h10-56H,1-9H3/i12D,17D,18D,30D,31D. The Kier molecular flexibility index (Phi) is 12.4. The topological polar surface area (TPSA) is 22.3 Å². The van der Waals surface area contributed by atoms with Crippen molar-refractivity contribution in [3.8, 4) is 67.4 Å². The average Bonchev–Trinajstić information content (AvgIpc) is 0.842. The molecule has 0 bridgehead atoms. The van der Waals surface area contributed by atoms with Crippen LogP contribution in [-0.2, 0) is 16.2 Å². The van der Waals surface area contributed by atoms with Crippen LogP contribution >= 0.6 is 22.7 Å². The number of thiophene rings is 2. The molecular weight excluding hydrogens is 1290 g/mol. The molecule has 0 amide bonds. The number of nitrogens with zero attached hydrogens (tertiary/aromatic N) is 3. The van der Waals surface area contributed by atoms with Crippen molar-refractivity contribution in [3.05, 3.63) is 302 Å². The molecule has 4 nitrogen and oxygen atoms in total. The molecule has 0 saturated carbocycles. The summed E-state index contributed by atoms with van der Waals surface area (Å²) < 4.78 is 62.0. The fraction of sp³-hybridized carbons (Fsp3) is 0.125. The molecule has 2 aliphatic heterocycles. The van der Waals surface area contributed by atoms with E-state index in [-0.39, 0.29) is 52.7 Å². The maximum Gasteiger partial charge on any atom is 0.256 e. The van der Waals surface area contributed by atoms with E-state index in [1.165, 1.54) is 38.2 Å². The highest BCUT2D eigenvalue weighted by Crippen LogP contribution is 2.55. The Hall–Kier alpha value is -11.2. The molecule has 0 spiro atoms. The summed E-state index contributed by atoms with van der Waals surface area (Å²) in [5, 5.41) is 9.01. The first-order valence-corrected chi connectivity index (χ1v) is 37.4. The first-order chi connectivity index (χ1) is 52.0. The quantitative estimate of drug-likeness (QED) is 0.148. The zero-order valence-corrected chi connectivity index (χ0v) is 60.5. The smallest absolute Gasteiger partial charge is 0.256 e. The van der Waals surface area contributed by atoms with Gasteiger partial charge in [-0.15, -0.1) is 22.7 Å². The van der Waals surface area contributed by atoms with Gasteiger partial charge in [-0.3, -0.25) is 0 Å². The predicted molar refractivity (Wildman–Crippen MR) is 445 cm³/mol. The normalized spacial score (nSPS) is 13.8. The molecule has 0 unspecified atom stereocenters. The van der Waals surface area contributed by atoms with E-state index in [0.717, 1.165) is 152 Å². The predicted octanol–water partition coefficient (Wildman–Crippen LogP) is 25.6. The highest BCUT2D eigenvalue weighted by atomic mass is 32.1. The second kappa shape index (κ2) is 22.6. The van der Waals surface area contributed by atoms with E-state index >= 15 is 0 Å². The fourth-order valence-electron chi connectivity index (χ4n) is 16.8. The Morgan fingerprint density at radius 3 is 1.51 bits per heavy atom. The Bertz CT molecular complexity index is 6710. The van der Waals surface area contributed by atoms with Crippen LogP contribution in [0.2, 0.25) is 0 Å². The van der Waals surface area contributed by atoms with Crippen LogP contribution in [0, 0.1) is 0 Å². The van der Waals surface area contributed by atoms with E-state index in [1.807, 2.05) is 6.07 Å². The SMILES string of the molecule is [2H]c1c([2H])c([2H])c(-c2cc3sc4c(-c5cc6c7c(c5)N(c5c(-c8ccccc8)cc(C(C)(C)C)cc5-c5ccccc5)c5cc(-n8c9ccc(C(C)(C)C)cc9c9cc(C(C)(C)C)ccc98)ccc5B7c5ccc(-n7c8ccccc8c8ccccc87)cc5O6)cccc4c3c3c2sc2ccccc23)c([2H])c1[2H]. The number of hydrogen-bond acceptors (Lipinski definition) is 4. The molecule has 0 atom stereocenters. The van der Waals surface area contributed by atoms with E-state index in [1.54, 1.807) is 22.7 Å². The van der Waals surface area contributed by atoms with Gasteiger partial charge in [-0.25, -0.2) is 0 Å². The number of para-hydroxylation sites is 2. The maximum absolute atomic E-state index is 9.40. The minimum Gasteiger partial charge on any atom is -0.458 e. The fourth-order valence-corrected chi connectivity index (χ4v) is 19.3. The average molecular weight is 1370 g/mol. The molecule has 14 aromatic carbocycles. The van der Waals surface area contributed by atoms with Gasteiger partial charge in [-0.05, 0) is 168 Å². The van der Waals surface area contributed by atoms with Crippen LogP contribution in [-0.4, -0.2) is 15.8 Å². The summed E-state index contributed by atoms with van der Waals surface area (Å²) >= 11 is 3.29. The van der Waals surface area contributed by atoms with Gasteiger partial charge in [0, 0.05) is 107 Å². The highest BCUT2D eigenvalue weighted by Gasteiger charge is 2.44. The third kappa shape index (κ3) is 9.55. The first-order valence-electron chi connectivity index (χ1n) is 38.2. The maximum atomic E-state index is 9.40. The summed E-state index contributed by atoms with van der Waals surface area (Å²) in [6.45, 7) is 20.5. The van der Waals surface area contributed by atoms with Gasteiger partial charge in [0.25, 0.3) is 6.71 Å². The van der Waals surface area contributed by atoms with Crippen molar-refractivity contribution >= 4 is 147 Å². The van der Waals surface area contributed by atoms with Gasteiger partial charge in [0.2, 0.25) is 0 Å². The highest BCUT2D eigenvalue weighted by molar-refractivity contribution is 7.28. The minimum absolute atomic E-state index is 0.0871. The van der Waals surface area contributed by atoms with Crippen molar-refractivity contribution in [3.63, 3.8) is 0 Å². The minimum atomic E-state index is -0.412. The van der Waals surface area contributed by atoms with Crippen molar-refractivity contribution in [1.82, 2.24) is 9.13 Å². The Labute approximate surface area is 616 Å². The van der Waals surface area contributed by atoms with E-state index in [9.17, 15) is 2.74 Å². The van der Waals surface area contributed by atoms with Crippen LogP contribution in [0.25, 0.3) is 140 Å². The van der Waals surface area contributed by atoms with Gasteiger partial charge in [0.05, 0.1) is 34.6 Å². The van der Waals surface area contributed by atoms with Gasteiger partial charge < -0.3 is 18.8 Å². The largest absolute Gasteiger partial charge is 0.458 e. The second-order valence-electron chi connectivity index (χ2n) is 31.2. The number of fused-ring (bicyclic) bond motifs is 17. The lowest BCUT2D eigenvalue weighted by Crippen LogP contribution is -2.59.